The van der Waals surface area contributed by atoms with Crippen LogP contribution in [0.25, 0.3) is 11.0 Å². The topological polar surface area (TPSA) is 74.5 Å². The van der Waals surface area contributed by atoms with Gasteiger partial charge in [-0.2, -0.15) is 0 Å². The molecule has 1 aromatic heterocycles. The van der Waals surface area contributed by atoms with Gasteiger partial charge in [0, 0.05) is 5.39 Å². The van der Waals surface area contributed by atoms with Crippen LogP contribution in [0, 0.1) is 5.82 Å². The number of aliphatic hydroxyl groups is 1. The molecule has 0 bridgehead atoms. The van der Waals surface area contributed by atoms with Gasteiger partial charge < -0.3 is 20.2 Å². The third-order valence-electron chi connectivity index (χ3n) is 3.34. The first kappa shape index (κ1) is 15.3. The van der Waals surface area contributed by atoms with Crippen molar-refractivity contribution >= 4 is 17.0 Å². The minimum Gasteiger partial charge on any atom is -0.456 e. The first-order chi connectivity index (χ1) is 10.0. The number of benzene rings is 1. The van der Waals surface area contributed by atoms with Gasteiger partial charge in [0.2, 0.25) is 0 Å². The third kappa shape index (κ3) is 3.52. The van der Waals surface area contributed by atoms with Crippen LogP contribution in [0.3, 0.4) is 0 Å². The van der Waals surface area contributed by atoms with Crippen LogP contribution in [-0.4, -0.2) is 23.8 Å². The molecule has 0 radical (unpaired) electrons. The Kier molecular flexibility index (Phi) is 4.80. The number of carbonyl (C=O) groups is 1. The Balaban J connectivity index is 2.06. The van der Waals surface area contributed by atoms with E-state index in [1.807, 2.05) is 6.92 Å². The summed E-state index contributed by atoms with van der Waals surface area (Å²) in [6.45, 7) is 3.50. The van der Waals surface area contributed by atoms with Gasteiger partial charge in [-0.1, -0.05) is 19.1 Å². The van der Waals surface area contributed by atoms with Gasteiger partial charge in [-0.25, -0.2) is 9.18 Å². The predicted molar refractivity (Wildman–Crippen MR) is 77.4 cm³/mol. The number of halogens is 1. The smallest absolute Gasteiger partial charge is 0.315 e. The van der Waals surface area contributed by atoms with Gasteiger partial charge in [-0.05, 0) is 25.5 Å². The molecule has 2 aromatic rings. The van der Waals surface area contributed by atoms with Gasteiger partial charge in [0.1, 0.15) is 5.76 Å². The van der Waals surface area contributed by atoms with Crippen molar-refractivity contribution in [3.05, 3.63) is 35.8 Å². The molecular formula is C15H19FN2O3. The third-order valence-corrected chi connectivity index (χ3v) is 3.34. The van der Waals surface area contributed by atoms with Gasteiger partial charge in [-0.15, -0.1) is 0 Å². The maximum absolute atomic E-state index is 13.6. The summed E-state index contributed by atoms with van der Waals surface area (Å²) < 4.78 is 19.0. The number of furan rings is 1. The lowest BCUT2D eigenvalue weighted by Gasteiger charge is -2.17. The predicted octanol–water partition coefficient (Wildman–Crippen LogP) is 2.70. The molecule has 1 aromatic carbocycles. The second kappa shape index (κ2) is 6.58. The number of amides is 2. The second-order valence-corrected chi connectivity index (χ2v) is 4.93. The molecule has 3 N–H and O–H groups in total. The number of fused-ring (bicyclic) bond motifs is 1. The molecule has 2 amide bonds. The molecule has 114 valence electrons. The Hall–Kier alpha value is -2.08. The van der Waals surface area contributed by atoms with Crippen LogP contribution in [-0.2, 0) is 0 Å². The van der Waals surface area contributed by atoms with Crippen LogP contribution in [0.2, 0.25) is 0 Å². The highest BCUT2D eigenvalue weighted by molar-refractivity contribution is 5.79. The van der Waals surface area contributed by atoms with Gasteiger partial charge in [0.05, 0.1) is 18.7 Å². The maximum Gasteiger partial charge on any atom is 0.315 e. The van der Waals surface area contributed by atoms with Crippen molar-refractivity contribution < 1.29 is 18.7 Å². The van der Waals surface area contributed by atoms with Crippen LogP contribution < -0.4 is 10.6 Å². The lowest BCUT2D eigenvalue weighted by molar-refractivity contribution is 0.211. The minimum absolute atomic E-state index is 0.117. The highest BCUT2D eigenvalue weighted by atomic mass is 19.1. The molecule has 0 fully saturated rings. The normalized spacial score (nSPS) is 13.9. The van der Waals surface area contributed by atoms with Crippen molar-refractivity contribution in [1.29, 1.82) is 0 Å². The second-order valence-electron chi connectivity index (χ2n) is 4.93. The van der Waals surface area contributed by atoms with E-state index in [2.05, 4.69) is 10.6 Å². The molecule has 2 rings (SSSR count). The molecule has 1 heterocycles. The Morgan fingerprint density at radius 1 is 1.43 bits per heavy atom. The first-order valence-corrected chi connectivity index (χ1v) is 6.91. The van der Waals surface area contributed by atoms with Gasteiger partial charge >= 0.3 is 6.03 Å². The molecule has 5 nitrogen and oxygen atoms in total. The molecular weight excluding hydrogens is 275 g/mol. The fourth-order valence-electron chi connectivity index (χ4n) is 2.03. The molecule has 0 aliphatic heterocycles. The summed E-state index contributed by atoms with van der Waals surface area (Å²) in [6, 6.07) is 5.29. The van der Waals surface area contributed by atoms with Crippen molar-refractivity contribution in [2.45, 2.75) is 32.4 Å². The number of urea groups is 1. The van der Waals surface area contributed by atoms with Crippen molar-refractivity contribution in [1.82, 2.24) is 10.6 Å². The largest absolute Gasteiger partial charge is 0.456 e. The number of rotatable bonds is 5. The number of hydrogen-bond acceptors (Lipinski definition) is 3. The molecule has 0 aliphatic carbocycles. The van der Waals surface area contributed by atoms with Crippen molar-refractivity contribution in [3.63, 3.8) is 0 Å². The summed E-state index contributed by atoms with van der Waals surface area (Å²) in [4.78, 5) is 11.8. The summed E-state index contributed by atoms with van der Waals surface area (Å²) >= 11 is 0. The molecule has 0 unspecified atom stereocenters. The fourth-order valence-corrected chi connectivity index (χ4v) is 2.03. The summed E-state index contributed by atoms with van der Waals surface area (Å²) in [5.74, 6) is 0.0454. The zero-order valence-electron chi connectivity index (χ0n) is 12.0. The van der Waals surface area contributed by atoms with Crippen LogP contribution >= 0.6 is 0 Å². The van der Waals surface area contributed by atoms with E-state index >= 15 is 0 Å². The maximum atomic E-state index is 13.6. The lowest BCUT2D eigenvalue weighted by Crippen LogP contribution is -2.44. The number of nitrogens with one attached hydrogen (secondary N) is 2. The zero-order chi connectivity index (χ0) is 15.4. The zero-order valence-corrected chi connectivity index (χ0v) is 12.0. The van der Waals surface area contributed by atoms with Crippen LogP contribution in [0.4, 0.5) is 9.18 Å². The number of hydrogen-bond donors (Lipinski definition) is 3. The Labute approximate surface area is 122 Å². The summed E-state index contributed by atoms with van der Waals surface area (Å²) in [5.41, 5.74) is 0.184. The quantitative estimate of drug-likeness (QED) is 0.793. The fraction of sp³-hybridized carbons (Fsp3) is 0.400. The van der Waals surface area contributed by atoms with Crippen LogP contribution in [0.15, 0.2) is 28.7 Å². The number of para-hydroxylation sites is 1. The molecule has 0 spiro atoms. The number of carbonyl (C=O) groups excluding carboxylic acids is 1. The van der Waals surface area contributed by atoms with Crippen molar-refractivity contribution in [3.8, 4) is 0 Å². The van der Waals surface area contributed by atoms with Gasteiger partial charge in [0.15, 0.2) is 11.4 Å². The van der Waals surface area contributed by atoms with E-state index in [0.29, 0.717) is 17.6 Å². The highest BCUT2D eigenvalue weighted by Crippen LogP contribution is 2.25. The van der Waals surface area contributed by atoms with E-state index in [0.717, 1.165) is 0 Å². The van der Waals surface area contributed by atoms with Crippen molar-refractivity contribution in [2.24, 2.45) is 0 Å². The molecule has 0 saturated carbocycles. The van der Waals surface area contributed by atoms with Crippen LogP contribution in [0.5, 0.6) is 0 Å². The van der Waals surface area contributed by atoms with E-state index in [4.69, 9.17) is 9.52 Å². The highest BCUT2D eigenvalue weighted by Gasteiger charge is 2.17. The van der Waals surface area contributed by atoms with Gasteiger partial charge in [0.25, 0.3) is 0 Å². The van der Waals surface area contributed by atoms with E-state index in [1.165, 1.54) is 6.07 Å². The number of aliphatic hydroxyl groups excluding tert-OH is 1. The van der Waals surface area contributed by atoms with Crippen molar-refractivity contribution in [2.75, 3.05) is 6.61 Å². The molecule has 6 heteroatoms. The van der Waals surface area contributed by atoms with E-state index in [9.17, 15) is 9.18 Å². The van der Waals surface area contributed by atoms with E-state index in [-0.39, 0.29) is 18.2 Å². The first-order valence-electron chi connectivity index (χ1n) is 6.91. The summed E-state index contributed by atoms with van der Waals surface area (Å²) in [5, 5.41) is 15.0. The summed E-state index contributed by atoms with van der Waals surface area (Å²) in [7, 11) is 0. The average molecular weight is 294 g/mol. The average Bonchev–Trinajstić information content (AvgIpc) is 2.90. The molecule has 2 atom stereocenters. The summed E-state index contributed by atoms with van der Waals surface area (Å²) in [6.07, 6.45) is 0.633. The molecule has 0 aliphatic rings. The Morgan fingerprint density at radius 3 is 2.81 bits per heavy atom. The molecule has 0 saturated heterocycles. The van der Waals surface area contributed by atoms with Gasteiger partial charge in [-0.3, -0.25) is 0 Å². The van der Waals surface area contributed by atoms with Crippen LogP contribution in [0.1, 0.15) is 32.1 Å². The Bertz CT molecular complexity index is 622. The lowest BCUT2D eigenvalue weighted by atomic mass is 10.2. The Morgan fingerprint density at radius 2 is 2.19 bits per heavy atom. The monoisotopic (exact) mass is 294 g/mol. The van der Waals surface area contributed by atoms with E-state index < -0.39 is 17.9 Å². The standard InChI is InChI=1S/C15H19FN2O3/c1-3-11(8-19)18-15(20)17-9(2)13-7-10-5-4-6-12(16)14(10)21-13/h4-7,9,11,19H,3,8H2,1-2H3,(H2,17,18,20)/t9-,11-/m1/s1. The minimum atomic E-state index is -0.429. The SMILES string of the molecule is CC[C@H](CO)NC(=O)N[C@H](C)c1cc2cccc(F)c2o1. The molecule has 21 heavy (non-hydrogen) atoms. The van der Waals surface area contributed by atoms with E-state index in [1.54, 1.807) is 25.1 Å².